The zero-order chi connectivity index (χ0) is 16.9. The van der Waals surface area contributed by atoms with Gasteiger partial charge in [0.15, 0.2) is 0 Å². The van der Waals surface area contributed by atoms with Crippen LogP contribution >= 0.6 is 15.9 Å². The highest BCUT2D eigenvalue weighted by Gasteiger charge is 2.48. The van der Waals surface area contributed by atoms with Crippen LogP contribution < -0.4 is 0 Å². The third-order valence-electron chi connectivity index (χ3n) is 3.19. The van der Waals surface area contributed by atoms with E-state index < -0.39 is 17.6 Å². The van der Waals surface area contributed by atoms with Crippen LogP contribution in [-0.4, -0.2) is 55.5 Å². The monoisotopic (exact) mass is 390 g/mol. The summed E-state index contributed by atoms with van der Waals surface area (Å²) in [6, 6.07) is 6.40. The van der Waals surface area contributed by atoms with Gasteiger partial charge in [0.25, 0.3) is 0 Å². The Kier molecular flexibility index (Phi) is 6.06. The summed E-state index contributed by atoms with van der Waals surface area (Å²) in [5.74, 6) is -5.46. The van der Waals surface area contributed by atoms with Crippen LogP contribution in [0.2, 0.25) is 0 Å². The van der Waals surface area contributed by atoms with Crippen molar-refractivity contribution < 1.29 is 23.0 Å². The maximum atomic E-state index is 14.6. The second kappa shape index (κ2) is 7.83. The number of ether oxygens (including phenoxy) is 2. The molecule has 1 aromatic rings. The van der Waals surface area contributed by atoms with E-state index in [1.807, 2.05) is 0 Å². The maximum absolute atomic E-state index is 14.6. The first-order valence-electron chi connectivity index (χ1n) is 7.18. The topological polar surface area (TPSA) is 51.1 Å². The largest absolute Gasteiger partial charge is 0.461 e. The lowest BCUT2D eigenvalue weighted by Crippen LogP contribution is -2.43. The minimum Gasteiger partial charge on any atom is -0.461 e. The molecule has 0 N–H and O–H groups in total. The van der Waals surface area contributed by atoms with Crippen LogP contribution in [0.25, 0.3) is 0 Å². The van der Waals surface area contributed by atoms with Crippen molar-refractivity contribution in [3.8, 4) is 0 Å². The Bertz CT molecular complexity index is 590. The molecule has 1 fully saturated rings. The number of hydrazone groups is 1. The van der Waals surface area contributed by atoms with Crippen LogP contribution in [0.4, 0.5) is 8.78 Å². The van der Waals surface area contributed by atoms with Gasteiger partial charge in [0.1, 0.15) is 5.71 Å². The Morgan fingerprint density at radius 3 is 2.65 bits per heavy atom. The number of hydrogen-bond donors (Lipinski definition) is 0. The summed E-state index contributed by atoms with van der Waals surface area (Å²) in [6.45, 7) is 2.91. The van der Waals surface area contributed by atoms with Crippen LogP contribution in [0.1, 0.15) is 12.5 Å². The number of nitrogens with zero attached hydrogens (tertiary/aromatic N) is 2. The summed E-state index contributed by atoms with van der Waals surface area (Å²) < 4.78 is 39.3. The molecule has 0 unspecified atom stereocenters. The molecule has 0 aliphatic carbocycles. The highest BCUT2D eigenvalue weighted by atomic mass is 79.9. The van der Waals surface area contributed by atoms with Crippen molar-refractivity contribution in [2.45, 2.75) is 12.8 Å². The van der Waals surface area contributed by atoms with Crippen molar-refractivity contribution in [3.05, 3.63) is 34.3 Å². The van der Waals surface area contributed by atoms with Crippen molar-refractivity contribution >= 4 is 27.6 Å². The van der Waals surface area contributed by atoms with Gasteiger partial charge in [0.2, 0.25) is 0 Å². The van der Waals surface area contributed by atoms with Gasteiger partial charge in [-0.05, 0) is 13.0 Å². The van der Waals surface area contributed by atoms with Gasteiger partial charge in [-0.3, -0.25) is 5.01 Å². The van der Waals surface area contributed by atoms with Crippen LogP contribution in [0, 0.1) is 0 Å². The van der Waals surface area contributed by atoms with Crippen LogP contribution in [0.3, 0.4) is 0 Å². The minimum absolute atomic E-state index is 0.130. The Morgan fingerprint density at radius 1 is 1.39 bits per heavy atom. The molecule has 0 amide bonds. The average molecular weight is 391 g/mol. The summed E-state index contributed by atoms with van der Waals surface area (Å²) in [6.07, 6.45) is 0. The van der Waals surface area contributed by atoms with Crippen molar-refractivity contribution in [2.75, 3.05) is 32.9 Å². The molecular weight excluding hydrogens is 374 g/mol. The summed E-state index contributed by atoms with van der Waals surface area (Å²) in [5, 5.41) is 5.51. The molecule has 0 bridgehead atoms. The summed E-state index contributed by atoms with van der Waals surface area (Å²) in [7, 11) is 0. The molecule has 0 aromatic heterocycles. The molecule has 0 spiro atoms. The molecule has 1 aromatic carbocycles. The average Bonchev–Trinajstić information content (AvgIpc) is 2.54. The third-order valence-corrected chi connectivity index (χ3v) is 3.88. The van der Waals surface area contributed by atoms with Gasteiger partial charge in [0, 0.05) is 10.0 Å². The maximum Gasteiger partial charge on any atom is 0.386 e. The number of rotatable bonds is 5. The summed E-state index contributed by atoms with van der Waals surface area (Å²) in [4.78, 5) is 11.7. The molecule has 1 aliphatic rings. The van der Waals surface area contributed by atoms with E-state index >= 15 is 0 Å². The third kappa shape index (κ3) is 4.26. The normalized spacial score (nSPS) is 16.3. The number of carbonyl (C=O) groups is 1. The fourth-order valence-corrected chi connectivity index (χ4v) is 2.53. The number of alkyl halides is 2. The lowest BCUT2D eigenvalue weighted by Gasteiger charge is -2.27. The van der Waals surface area contributed by atoms with Crippen molar-refractivity contribution in [1.29, 1.82) is 0 Å². The Morgan fingerprint density at radius 2 is 2.04 bits per heavy atom. The van der Waals surface area contributed by atoms with E-state index in [1.54, 1.807) is 18.2 Å². The van der Waals surface area contributed by atoms with Gasteiger partial charge in [0.05, 0.1) is 32.9 Å². The first-order chi connectivity index (χ1) is 11.0. The zero-order valence-corrected chi connectivity index (χ0v) is 14.2. The van der Waals surface area contributed by atoms with E-state index in [-0.39, 0.29) is 12.2 Å². The zero-order valence-electron chi connectivity index (χ0n) is 12.6. The molecule has 5 nitrogen and oxygen atoms in total. The second-order valence-electron chi connectivity index (χ2n) is 4.79. The van der Waals surface area contributed by atoms with E-state index in [1.165, 1.54) is 18.0 Å². The molecule has 0 atom stereocenters. The van der Waals surface area contributed by atoms with Gasteiger partial charge in [-0.25, -0.2) is 4.79 Å². The lowest BCUT2D eigenvalue weighted by atomic mass is 10.0. The van der Waals surface area contributed by atoms with Crippen LogP contribution in [0.5, 0.6) is 0 Å². The minimum atomic E-state index is -3.85. The second-order valence-corrected chi connectivity index (χ2v) is 5.64. The van der Waals surface area contributed by atoms with Crippen LogP contribution in [-0.2, 0) is 14.3 Å². The van der Waals surface area contributed by atoms with Crippen LogP contribution in [0.15, 0.2) is 33.8 Å². The highest BCUT2D eigenvalue weighted by Crippen LogP contribution is 2.28. The highest BCUT2D eigenvalue weighted by molar-refractivity contribution is 9.10. The fraction of sp³-hybridized carbons (Fsp3) is 0.467. The smallest absolute Gasteiger partial charge is 0.386 e. The summed E-state index contributed by atoms with van der Waals surface area (Å²) in [5.41, 5.74) is -0.484. The fourth-order valence-electron chi connectivity index (χ4n) is 2.05. The number of halogens is 3. The van der Waals surface area contributed by atoms with Crippen molar-refractivity contribution in [2.24, 2.45) is 5.10 Å². The van der Waals surface area contributed by atoms with Gasteiger partial charge in [-0.15, -0.1) is 0 Å². The van der Waals surface area contributed by atoms with E-state index in [4.69, 9.17) is 4.74 Å². The molecule has 2 rings (SSSR count). The standard InChI is InChI=1S/C15H17BrF2N2O3/c1-2-23-14(21)15(17,18)13(11-5-3-4-6-12(11)16)19-20-7-9-22-10-8-20/h3-6H,2,7-10H2,1H3/b19-13+. The molecule has 23 heavy (non-hydrogen) atoms. The summed E-state index contributed by atoms with van der Waals surface area (Å²) >= 11 is 3.23. The van der Waals surface area contributed by atoms with Crippen molar-refractivity contribution in [1.82, 2.24) is 5.01 Å². The van der Waals surface area contributed by atoms with E-state index in [0.29, 0.717) is 30.8 Å². The lowest BCUT2D eigenvalue weighted by molar-refractivity contribution is -0.162. The Balaban J connectivity index is 2.44. The first kappa shape index (κ1) is 17.8. The SMILES string of the molecule is CCOC(=O)C(F)(F)/C(=N/N1CCOCC1)c1ccccc1Br. The molecular formula is C15H17BrF2N2O3. The predicted molar refractivity (Wildman–Crippen MR) is 84.7 cm³/mol. The van der Waals surface area contributed by atoms with E-state index in [0.717, 1.165) is 0 Å². The van der Waals surface area contributed by atoms with Gasteiger partial charge >= 0.3 is 11.9 Å². The number of carbonyl (C=O) groups excluding carboxylic acids is 1. The number of esters is 1. The molecule has 0 radical (unpaired) electrons. The Hall–Kier alpha value is -1.54. The number of morpholine rings is 1. The number of benzene rings is 1. The van der Waals surface area contributed by atoms with Gasteiger partial charge in [-0.1, -0.05) is 34.1 Å². The van der Waals surface area contributed by atoms with Gasteiger partial charge < -0.3 is 9.47 Å². The van der Waals surface area contributed by atoms with Gasteiger partial charge in [-0.2, -0.15) is 13.9 Å². The van der Waals surface area contributed by atoms with E-state index in [9.17, 15) is 13.6 Å². The molecule has 1 heterocycles. The first-order valence-corrected chi connectivity index (χ1v) is 7.97. The number of hydrogen-bond acceptors (Lipinski definition) is 5. The molecule has 1 saturated heterocycles. The predicted octanol–water partition coefficient (Wildman–Crippen LogP) is 2.68. The molecule has 1 aliphatic heterocycles. The molecule has 8 heteroatoms. The Labute approximate surface area is 141 Å². The van der Waals surface area contributed by atoms with Crippen molar-refractivity contribution in [3.63, 3.8) is 0 Å². The quantitative estimate of drug-likeness (QED) is 0.572. The molecule has 126 valence electrons. The van der Waals surface area contributed by atoms with E-state index in [2.05, 4.69) is 25.8 Å². The molecule has 0 saturated carbocycles.